The van der Waals surface area contributed by atoms with Gasteiger partial charge >= 0.3 is 5.97 Å². The second kappa shape index (κ2) is 5.08. The molecule has 1 unspecified atom stereocenters. The summed E-state index contributed by atoms with van der Waals surface area (Å²) in [5.41, 5.74) is 0.416. The van der Waals surface area contributed by atoms with E-state index in [0.29, 0.717) is 0 Å². The minimum Gasteiger partial charge on any atom is -0.497 e. The third-order valence-electron chi connectivity index (χ3n) is 2.51. The first kappa shape index (κ1) is 13.4. The van der Waals surface area contributed by atoms with Crippen molar-refractivity contribution in [1.29, 1.82) is 0 Å². The SMILES string of the molecule is COc1ccc(NC(C(=O)O)C(C)(C)C)cc1. The molecule has 1 rings (SSSR count). The number of carboxylic acid groups (broad SMARTS) is 1. The summed E-state index contributed by atoms with van der Waals surface area (Å²) >= 11 is 0. The van der Waals surface area contributed by atoms with Gasteiger partial charge in [0.2, 0.25) is 0 Å². The van der Waals surface area contributed by atoms with Crippen LogP contribution in [-0.4, -0.2) is 24.2 Å². The molecule has 1 atom stereocenters. The Hall–Kier alpha value is -1.71. The lowest BCUT2D eigenvalue weighted by Crippen LogP contribution is -2.41. The molecular weight excluding hydrogens is 218 g/mol. The normalized spacial score (nSPS) is 12.9. The number of hydrogen-bond donors (Lipinski definition) is 2. The molecule has 0 saturated heterocycles. The molecule has 0 spiro atoms. The van der Waals surface area contributed by atoms with Crippen LogP contribution in [0, 0.1) is 5.41 Å². The molecule has 1 aromatic rings. The van der Waals surface area contributed by atoms with Crippen molar-refractivity contribution in [3.63, 3.8) is 0 Å². The largest absolute Gasteiger partial charge is 0.497 e. The Balaban J connectivity index is 2.83. The van der Waals surface area contributed by atoms with Crippen LogP contribution in [0.3, 0.4) is 0 Å². The van der Waals surface area contributed by atoms with Gasteiger partial charge in [-0.15, -0.1) is 0 Å². The van der Waals surface area contributed by atoms with Gasteiger partial charge in [-0.3, -0.25) is 0 Å². The van der Waals surface area contributed by atoms with Crippen LogP contribution >= 0.6 is 0 Å². The summed E-state index contributed by atoms with van der Waals surface area (Å²) in [6.45, 7) is 5.67. The molecule has 0 fully saturated rings. The number of rotatable bonds is 4. The van der Waals surface area contributed by atoms with Gasteiger partial charge in [0.1, 0.15) is 11.8 Å². The molecule has 0 amide bonds. The Labute approximate surface area is 102 Å². The lowest BCUT2D eigenvalue weighted by molar-refractivity contribution is -0.140. The van der Waals surface area contributed by atoms with E-state index in [4.69, 9.17) is 4.74 Å². The fraction of sp³-hybridized carbons (Fsp3) is 0.462. The summed E-state index contributed by atoms with van der Waals surface area (Å²) in [6, 6.07) is 6.57. The highest BCUT2D eigenvalue weighted by Gasteiger charge is 2.30. The number of aliphatic carboxylic acids is 1. The molecule has 0 radical (unpaired) electrons. The Morgan fingerprint density at radius 2 is 1.82 bits per heavy atom. The Morgan fingerprint density at radius 3 is 2.18 bits per heavy atom. The van der Waals surface area contributed by atoms with Crippen molar-refractivity contribution in [1.82, 2.24) is 0 Å². The van der Waals surface area contributed by atoms with E-state index in [1.165, 1.54) is 0 Å². The standard InChI is InChI=1S/C13H19NO3/c1-13(2,3)11(12(15)16)14-9-5-7-10(17-4)8-6-9/h5-8,11,14H,1-4H3,(H,15,16). The lowest BCUT2D eigenvalue weighted by Gasteiger charge is -2.28. The van der Waals surface area contributed by atoms with Gasteiger partial charge in [-0.25, -0.2) is 4.79 Å². The van der Waals surface area contributed by atoms with Crippen LogP contribution in [0.5, 0.6) is 5.75 Å². The van der Waals surface area contributed by atoms with Crippen LogP contribution in [-0.2, 0) is 4.79 Å². The van der Waals surface area contributed by atoms with Gasteiger partial charge in [-0.05, 0) is 29.7 Å². The molecule has 4 heteroatoms. The highest BCUT2D eigenvalue weighted by atomic mass is 16.5. The summed E-state index contributed by atoms with van der Waals surface area (Å²) in [5.74, 6) is -0.105. The van der Waals surface area contributed by atoms with Gasteiger partial charge in [0, 0.05) is 5.69 Å². The fourth-order valence-electron chi connectivity index (χ4n) is 1.50. The highest BCUT2D eigenvalue weighted by molar-refractivity contribution is 5.78. The van der Waals surface area contributed by atoms with Gasteiger partial charge in [-0.2, -0.15) is 0 Å². The zero-order chi connectivity index (χ0) is 13.1. The van der Waals surface area contributed by atoms with Gasteiger partial charge in [-0.1, -0.05) is 20.8 Å². The Morgan fingerprint density at radius 1 is 1.29 bits per heavy atom. The smallest absolute Gasteiger partial charge is 0.326 e. The van der Waals surface area contributed by atoms with Crippen LogP contribution < -0.4 is 10.1 Å². The second-order valence-corrected chi connectivity index (χ2v) is 5.01. The topological polar surface area (TPSA) is 58.6 Å². The quantitative estimate of drug-likeness (QED) is 0.845. The minimum atomic E-state index is -0.853. The fourth-order valence-corrected chi connectivity index (χ4v) is 1.50. The van der Waals surface area contributed by atoms with Crippen LogP contribution in [0.1, 0.15) is 20.8 Å². The maximum Gasteiger partial charge on any atom is 0.326 e. The maximum atomic E-state index is 11.2. The average Bonchev–Trinajstić information content (AvgIpc) is 2.24. The number of anilines is 1. The molecule has 0 heterocycles. The second-order valence-electron chi connectivity index (χ2n) is 5.01. The van der Waals surface area contributed by atoms with Crippen molar-refractivity contribution < 1.29 is 14.6 Å². The number of benzene rings is 1. The first-order valence-corrected chi connectivity index (χ1v) is 5.48. The van der Waals surface area contributed by atoms with Gasteiger partial charge in [0.05, 0.1) is 7.11 Å². The molecule has 0 aliphatic heterocycles. The number of carbonyl (C=O) groups is 1. The molecule has 94 valence electrons. The molecule has 0 aliphatic rings. The minimum absolute atomic E-state index is 0.355. The summed E-state index contributed by atoms with van der Waals surface area (Å²) in [6.07, 6.45) is 0. The van der Waals surface area contributed by atoms with Crippen molar-refractivity contribution in [2.24, 2.45) is 5.41 Å². The number of nitrogens with one attached hydrogen (secondary N) is 1. The van der Waals surface area contributed by atoms with Gasteiger partial charge < -0.3 is 15.2 Å². The third-order valence-corrected chi connectivity index (χ3v) is 2.51. The molecule has 0 aliphatic carbocycles. The van der Waals surface area contributed by atoms with Crippen molar-refractivity contribution >= 4 is 11.7 Å². The van der Waals surface area contributed by atoms with Crippen LogP contribution in [0.15, 0.2) is 24.3 Å². The zero-order valence-corrected chi connectivity index (χ0v) is 10.7. The van der Waals surface area contributed by atoms with E-state index in [-0.39, 0.29) is 5.41 Å². The molecule has 0 saturated carbocycles. The number of ether oxygens (including phenoxy) is 1. The van der Waals surface area contributed by atoms with Crippen LogP contribution in [0.4, 0.5) is 5.69 Å². The number of carboxylic acids is 1. The molecule has 4 nitrogen and oxygen atoms in total. The third kappa shape index (κ3) is 3.66. The Bertz CT molecular complexity index is 379. The molecule has 17 heavy (non-hydrogen) atoms. The van der Waals surface area contributed by atoms with Crippen LogP contribution in [0.25, 0.3) is 0 Å². The van der Waals surface area contributed by atoms with Crippen molar-refractivity contribution in [2.75, 3.05) is 12.4 Å². The molecular formula is C13H19NO3. The van der Waals surface area contributed by atoms with Gasteiger partial charge in [0.25, 0.3) is 0 Å². The van der Waals surface area contributed by atoms with E-state index in [9.17, 15) is 9.90 Å². The lowest BCUT2D eigenvalue weighted by atomic mass is 9.86. The molecule has 2 N–H and O–H groups in total. The van der Waals surface area contributed by atoms with E-state index in [1.54, 1.807) is 31.4 Å². The zero-order valence-electron chi connectivity index (χ0n) is 10.7. The number of methoxy groups -OCH3 is 1. The first-order valence-electron chi connectivity index (χ1n) is 5.48. The maximum absolute atomic E-state index is 11.2. The van der Waals surface area contributed by atoms with E-state index in [0.717, 1.165) is 11.4 Å². The number of hydrogen-bond acceptors (Lipinski definition) is 3. The summed E-state index contributed by atoms with van der Waals surface area (Å²) in [4.78, 5) is 11.2. The molecule has 1 aromatic carbocycles. The monoisotopic (exact) mass is 237 g/mol. The van der Waals surface area contributed by atoms with E-state index < -0.39 is 12.0 Å². The van der Waals surface area contributed by atoms with Crippen molar-refractivity contribution in [3.05, 3.63) is 24.3 Å². The molecule has 0 aromatic heterocycles. The summed E-state index contributed by atoms with van der Waals surface area (Å²) in [7, 11) is 1.59. The van der Waals surface area contributed by atoms with Crippen LogP contribution in [0.2, 0.25) is 0 Å². The average molecular weight is 237 g/mol. The van der Waals surface area contributed by atoms with E-state index >= 15 is 0 Å². The summed E-state index contributed by atoms with van der Waals surface area (Å²) in [5, 5.41) is 12.2. The summed E-state index contributed by atoms with van der Waals surface area (Å²) < 4.78 is 5.04. The van der Waals surface area contributed by atoms with Crippen molar-refractivity contribution in [2.45, 2.75) is 26.8 Å². The molecule has 0 bridgehead atoms. The van der Waals surface area contributed by atoms with Gasteiger partial charge in [0.15, 0.2) is 0 Å². The Kier molecular flexibility index (Phi) is 3.99. The first-order chi connectivity index (χ1) is 7.84. The van der Waals surface area contributed by atoms with E-state index in [1.807, 2.05) is 20.8 Å². The van der Waals surface area contributed by atoms with Crippen molar-refractivity contribution in [3.8, 4) is 5.75 Å². The van der Waals surface area contributed by atoms with E-state index in [2.05, 4.69) is 5.32 Å². The predicted molar refractivity (Wildman–Crippen MR) is 67.5 cm³/mol. The predicted octanol–water partition coefficient (Wildman–Crippen LogP) is 2.61. The highest BCUT2D eigenvalue weighted by Crippen LogP contribution is 2.24.